The first kappa shape index (κ1) is 14.4. The smallest absolute Gasteiger partial charge is 0.233 e. The van der Waals surface area contributed by atoms with Crippen LogP contribution in [-0.4, -0.2) is 41.1 Å². The zero-order chi connectivity index (χ0) is 12.7. The van der Waals surface area contributed by atoms with E-state index in [1.807, 2.05) is 0 Å². The molecule has 0 spiro atoms. The summed E-state index contributed by atoms with van der Waals surface area (Å²) in [6, 6.07) is 0.580. The van der Waals surface area contributed by atoms with Crippen LogP contribution in [0, 0.1) is 0 Å². The second-order valence-corrected chi connectivity index (χ2v) is 4.88. The number of aliphatic hydroxyl groups excluding tert-OH is 1. The Balaban J connectivity index is 2.45. The predicted octanol–water partition coefficient (Wildman–Crippen LogP) is 0.382. The summed E-state index contributed by atoms with van der Waals surface area (Å²) in [7, 11) is 0. The van der Waals surface area contributed by atoms with Crippen molar-refractivity contribution < 1.29 is 9.90 Å². The molecule has 0 aromatic rings. The lowest BCUT2D eigenvalue weighted by atomic mass is 10.1. The van der Waals surface area contributed by atoms with Crippen molar-refractivity contribution in [1.29, 1.82) is 0 Å². The highest BCUT2D eigenvalue weighted by Crippen LogP contribution is 2.20. The molecule has 0 radical (unpaired) electrons. The van der Waals surface area contributed by atoms with Gasteiger partial charge in [-0.2, -0.15) is 0 Å². The molecule has 100 valence electrons. The molecule has 0 saturated carbocycles. The number of nitrogens with zero attached hydrogens (tertiary/aromatic N) is 1. The van der Waals surface area contributed by atoms with Crippen LogP contribution in [-0.2, 0) is 4.79 Å². The molecule has 1 fully saturated rings. The molecule has 1 rings (SSSR count). The van der Waals surface area contributed by atoms with E-state index in [2.05, 4.69) is 17.2 Å². The lowest BCUT2D eigenvalue weighted by Crippen LogP contribution is -2.44. The molecule has 1 saturated heterocycles. The normalized spacial score (nSPS) is 24.1. The molecular formula is C12H25N3O2. The van der Waals surface area contributed by atoms with Crippen molar-refractivity contribution >= 4 is 5.91 Å². The van der Waals surface area contributed by atoms with Gasteiger partial charge in [0.15, 0.2) is 0 Å². The fourth-order valence-electron chi connectivity index (χ4n) is 2.55. The number of carbonyl (C=O) groups excluding carboxylic acids is 1. The van der Waals surface area contributed by atoms with Crippen LogP contribution in [0.3, 0.4) is 0 Å². The maximum absolute atomic E-state index is 11.1. The van der Waals surface area contributed by atoms with Crippen LogP contribution in [0.5, 0.6) is 0 Å². The Morgan fingerprint density at radius 3 is 2.94 bits per heavy atom. The van der Waals surface area contributed by atoms with Crippen LogP contribution in [0.15, 0.2) is 0 Å². The number of amides is 1. The summed E-state index contributed by atoms with van der Waals surface area (Å²) in [5.41, 5.74) is 2.15. The topological polar surface area (TPSA) is 78.6 Å². The molecule has 2 atom stereocenters. The van der Waals surface area contributed by atoms with Crippen LogP contribution in [0.4, 0.5) is 0 Å². The molecule has 0 aromatic carbocycles. The quantitative estimate of drug-likeness (QED) is 0.370. The van der Waals surface area contributed by atoms with Gasteiger partial charge in [0.05, 0.1) is 6.61 Å². The number of rotatable bonds is 5. The Bertz CT molecular complexity index is 236. The molecule has 0 bridgehead atoms. The maximum atomic E-state index is 11.1. The van der Waals surface area contributed by atoms with Gasteiger partial charge in [0.2, 0.25) is 5.91 Å². The van der Waals surface area contributed by atoms with Gasteiger partial charge < -0.3 is 5.11 Å². The van der Waals surface area contributed by atoms with Crippen LogP contribution < -0.4 is 11.3 Å². The highest BCUT2D eigenvalue weighted by Gasteiger charge is 2.24. The monoisotopic (exact) mass is 243 g/mol. The summed E-state index contributed by atoms with van der Waals surface area (Å²) >= 11 is 0. The Kier molecular flexibility index (Phi) is 6.47. The number of nitrogens with one attached hydrogen (secondary N) is 1. The van der Waals surface area contributed by atoms with Gasteiger partial charge in [0.1, 0.15) is 0 Å². The van der Waals surface area contributed by atoms with E-state index in [0.29, 0.717) is 12.5 Å². The molecule has 4 N–H and O–H groups in total. The van der Waals surface area contributed by atoms with Crippen molar-refractivity contribution in [3.8, 4) is 0 Å². The van der Waals surface area contributed by atoms with Gasteiger partial charge >= 0.3 is 0 Å². The van der Waals surface area contributed by atoms with Gasteiger partial charge in [0, 0.05) is 18.5 Å². The third-order valence-corrected chi connectivity index (χ3v) is 3.65. The highest BCUT2D eigenvalue weighted by molar-refractivity contribution is 5.75. The molecule has 1 aliphatic heterocycles. The molecule has 1 amide bonds. The van der Waals surface area contributed by atoms with Crippen LogP contribution >= 0.6 is 0 Å². The van der Waals surface area contributed by atoms with Gasteiger partial charge in [-0.15, -0.1) is 0 Å². The van der Waals surface area contributed by atoms with Gasteiger partial charge in [-0.1, -0.05) is 12.8 Å². The zero-order valence-corrected chi connectivity index (χ0v) is 10.7. The SMILES string of the molecule is CC(CCC(=O)NN)N1CCCCCC1CO. The summed E-state index contributed by atoms with van der Waals surface area (Å²) in [6.45, 7) is 3.36. The second kappa shape index (κ2) is 7.63. The predicted molar refractivity (Wildman–Crippen MR) is 67.1 cm³/mol. The molecule has 0 aliphatic carbocycles. The minimum absolute atomic E-state index is 0.118. The summed E-state index contributed by atoms with van der Waals surface area (Å²) in [5, 5.41) is 9.42. The molecule has 5 nitrogen and oxygen atoms in total. The molecule has 17 heavy (non-hydrogen) atoms. The van der Waals surface area contributed by atoms with Crippen molar-refractivity contribution in [2.45, 2.75) is 57.5 Å². The number of hydrogen-bond acceptors (Lipinski definition) is 4. The number of likely N-dealkylation sites (tertiary alicyclic amines) is 1. The fraction of sp³-hybridized carbons (Fsp3) is 0.917. The summed E-state index contributed by atoms with van der Waals surface area (Å²) in [5.74, 6) is 4.94. The molecule has 2 unspecified atom stereocenters. The Hall–Kier alpha value is -0.650. The Labute approximate surface area is 103 Å². The van der Waals surface area contributed by atoms with Crippen molar-refractivity contribution in [3.05, 3.63) is 0 Å². The Morgan fingerprint density at radius 1 is 1.53 bits per heavy atom. The average molecular weight is 243 g/mol. The molecule has 1 heterocycles. The lowest BCUT2D eigenvalue weighted by molar-refractivity contribution is -0.121. The first-order valence-electron chi connectivity index (χ1n) is 6.55. The van der Waals surface area contributed by atoms with E-state index in [9.17, 15) is 9.90 Å². The lowest BCUT2D eigenvalue weighted by Gasteiger charge is -2.34. The number of nitrogens with two attached hydrogens (primary N) is 1. The van der Waals surface area contributed by atoms with Gasteiger partial charge in [-0.3, -0.25) is 15.1 Å². The number of hydrazine groups is 1. The summed E-state index contributed by atoms with van der Waals surface area (Å²) < 4.78 is 0. The van der Waals surface area contributed by atoms with Gasteiger partial charge in [0.25, 0.3) is 0 Å². The minimum Gasteiger partial charge on any atom is -0.395 e. The average Bonchev–Trinajstić information content (AvgIpc) is 2.60. The van der Waals surface area contributed by atoms with E-state index in [1.54, 1.807) is 0 Å². The van der Waals surface area contributed by atoms with Crippen molar-refractivity contribution in [2.24, 2.45) is 5.84 Å². The zero-order valence-electron chi connectivity index (χ0n) is 10.7. The number of hydrogen-bond donors (Lipinski definition) is 3. The fourth-order valence-corrected chi connectivity index (χ4v) is 2.55. The van der Waals surface area contributed by atoms with Crippen molar-refractivity contribution in [3.63, 3.8) is 0 Å². The van der Waals surface area contributed by atoms with Crippen LogP contribution in [0.2, 0.25) is 0 Å². The maximum Gasteiger partial charge on any atom is 0.233 e. The number of carbonyl (C=O) groups is 1. The van der Waals surface area contributed by atoms with E-state index in [1.165, 1.54) is 19.3 Å². The summed E-state index contributed by atoms with van der Waals surface area (Å²) in [4.78, 5) is 13.5. The van der Waals surface area contributed by atoms with E-state index >= 15 is 0 Å². The van der Waals surface area contributed by atoms with Gasteiger partial charge in [-0.25, -0.2) is 5.84 Å². The third-order valence-electron chi connectivity index (χ3n) is 3.65. The van der Waals surface area contributed by atoms with Crippen molar-refractivity contribution in [1.82, 2.24) is 10.3 Å². The molecule has 5 heteroatoms. The molecular weight excluding hydrogens is 218 g/mol. The van der Waals surface area contributed by atoms with E-state index in [4.69, 9.17) is 5.84 Å². The third kappa shape index (κ3) is 4.61. The highest BCUT2D eigenvalue weighted by atomic mass is 16.3. The van der Waals surface area contributed by atoms with Crippen LogP contribution in [0.1, 0.15) is 45.4 Å². The summed E-state index contributed by atoms with van der Waals surface area (Å²) in [6.07, 6.45) is 5.92. The molecule has 1 aliphatic rings. The van der Waals surface area contributed by atoms with Crippen molar-refractivity contribution in [2.75, 3.05) is 13.2 Å². The number of aliphatic hydroxyl groups is 1. The van der Waals surface area contributed by atoms with Crippen LogP contribution in [0.25, 0.3) is 0 Å². The first-order chi connectivity index (χ1) is 8.19. The largest absolute Gasteiger partial charge is 0.395 e. The Morgan fingerprint density at radius 2 is 2.29 bits per heavy atom. The van der Waals surface area contributed by atoms with Gasteiger partial charge in [-0.05, 0) is 32.7 Å². The minimum atomic E-state index is -0.118. The molecule has 0 aromatic heterocycles. The van der Waals surface area contributed by atoms with E-state index in [-0.39, 0.29) is 18.6 Å². The van der Waals surface area contributed by atoms with E-state index < -0.39 is 0 Å². The van der Waals surface area contributed by atoms with E-state index in [0.717, 1.165) is 19.4 Å². The first-order valence-corrected chi connectivity index (χ1v) is 6.55. The standard InChI is InChI=1S/C12H25N3O2/c1-10(6-7-12(17)14-13)15-8-4-2-3-5-11(15)9-16/h10-11,16H,2-9,13H2,1H3,(H,14,17). The second-order valence-electron chi connectivity index (χ2n) is 4.88.